The molecule has 3 rings (SSSR count). The molecule has 0 aromatic heterocycles. The van der Waals surface area contributed by atoms with Crippen LogP contribution in [-0.4, -0.2) is 51.2 Å². The van der Waals surface area contributed by atoms with E-state index in [0.29, 0.717) is 24.8 Å². The van der Waals surface area contributed by atoms with Gasteiger partial charge in [-0.1, -0.05) is 11.6 Å². The van der Waals surface area contributed by atoms with Crippen molar-refractivity contribution in [2.75, 3.05) is 26.9 Å². The smallest absolute Gasteiger partial charge is 0.243 e. The highest BCUT2D eigenvalue weighted by molar-refractivity contribution is 7.89. The number of methoxy groups -OCH3 is 1. The van der Waals surface area contributed by atoms with E-state index in [2.05, 4.69) is 0 Å². The molecule has 1 aromatic carbocycles. The van der Waals surface area contributed by atoms with Crippen molar-refractivity contribution in [1.82, 2.24) is 4.31 Å². The molecule has 0 amide bonds. The van der Waals surface area contributed by atoms with Gasteiger partial charge in [-0.2, -0.15) is 4.31 Å². The van der Waals surface area contributed by atoms with Crippen LogP contribution in [0.3, 0.4) is 0 Å². The first-order valence-electron chi connectivity index (χ1n) is 6.90. The summed E-state index contributed by atoms with van der Waals surface area (Å²) in [4.78, 5) is 0.255. The summed E-state index contributed by atoms with van der Waals surface area (Å²) in [6.07, 6.45) is 1.73. The van der Waals surface area contributed by atoms with Gasteiger partial charge in [0.2, 0.25) is 10.0 Å². The maximum atomic E-state index is 12.9. The Labute approximate surface area is 129 Å². The normalized spacial score (nSPS) is 25.7. The number of morpholine rings is 1. The van der Waals surface area contributed by atoms with E-state index in [-0.39, 0.29) is 16.5 Å². The van der Waals surface area contributed by atoms with Crippen LogP contribution in [0.4, 0.5) is 0 Å². The molecule has 0 spiro atoms. The van der Waals surface area contributed by atoms with Crippen LogP contribution in [0.5, 0.6) is 0 Å². The van der Waals surface area contributed by atoms with Gasteiger partial charge in [0, 0.05) is 18.7 Å². The average molecular weight is 332 g/mol. The minimum absolute atomic E-state index is 0.255. The molecular formula is C14H18ClNO4S. The second-order valence-corrected chi connectivity index (χ2v) is 7.76. The molecule has 5 nitrogen and oxygen atoms in total. The van der Waals surface area contributed by atoms with Crippen LogP contribution in [0.15, 0.2) is 29.2 Å². The molecule has 7 heteroatoms. The topological polar surface area (TPSA) is 55.8 Å². The highest BCUT2D eigenvalue weighted by atomic mass is 35.5. The second-order valence-electron chi connectivity index (χ2n) is 5.43. The number of ether oxygens (including phenoxy) is 2. The van der Waals surface area contributed by atoms with Crippen molar-refractivity contribution < 1.29 is 17.9 Å². The fraction of sp³-hybridized carbons (Fsp3) is 0.571. The lowest BCUT2D eigenvalue weighted by atomic mass is 10.1. The quantitative estimate of drug-likeness (QED) is 0.845. The van der Waals surface area contributed by atoms with Crippen LogP contribution >= 0.6 is 11.6 Å². The van der Waals surface area contributed by atoms with Gasteiger partial charge in [0.05, 0.1) is 29.8 Å². The summed E-state index contributed by atoms with van der Waals surface area (Å²) >= 11 is 5.83. The van der Waals surface area contributed by atoms with Gasteiger partial charge < -0.3 is 9.47 Å². The van der Waals surface area contributed by atoms with Gasteiger partial charge in [-0.05, 0) is 37.1 Å². The molecule has 2 fully saturated rings. The largest absolute Gasteiger partial charge is 0.378 e. The Hall–Kier alpha value is -0.660. The van der Waals surface area contributed by atoms with Gasteiger partial charge >= 0.3 is 0 Å². The summed E-state index contributed by atoms with van der Waals surface area (Å²) in [6.45, 7) is 1.13. The maximum absolute atomic E-state index is 12.9. The molecular weight excluding hydrogens is 314 g/mol. The number of halogens is 1. The fourth-order valence-corrected chi connectivity index (χ4v) is 4.61. The summed E-state index contributed by atoms with van der Waals surface area (Å²) in [5.74, 6) is 0. The minimum atomic E-state index is -3.57. The van der Waals surface area contributed by atoms with Gasteiger partial charge in [0.15, 0.2) is 0 Å². The highest BCUT2D eigenvalue weighted by Gasteiger charge is 2.55. The summed E-state index contributed by atoms with van der Waals surface area (Å²) < 4.78 is 38.3. The van der Waals surface area contributed by atoms with Gasteiger partial charge in [-0.15, -0.1) is 0 Å². The maximum Gasteiger partial charge on any atom is 0.243 e. The molecule has 1 unspecified atom stereocenters. The van der Waals surface area contributed by atoms with E-state index in [0.717, 1.165) is 12.8 Å². The Morgan fingerprint density at radius 2 is 2.00 bits per heavy atom. The molecule has 1 aliphatic heterocycles. The Kier molecular flexibility index (Phi) is 4.00. The van der Waals surface area contributed by atoms with Crippen molar-refractivity contribution in [2.24, 2.45) is 0 Å². The van der Waals surface area contributed by atoms with Crippen molar-refractivity contribution in [3.8, 4) is 0 Å². The molecule has 0 N–H and O–H groups in total. The third-order valence-electron chi connectivity index (χ3n) is 4.26. The zero-order valence-corrected chi connectivity index (χ0v) is 13.4. The lowest BCUT2D eigenvalue weighted by Crippen LogP contribution is -2.55. The lowest BCUT2D eigenvalue weighted by molar-refractivity contribution is -0.0529. The van der Waals surface area contributed by atoms with Crippen molar-refractivity contribution in [3.05, 3.63) is 29.3 Å². The van der Waals surface area contributed by atoms with Gasteiger partial charge in [0.1, 0.15) is 0 Å². The van der Waals surface area contributed by atoms with E-state index in [1.807, 2.05) is 0 Å². The Morgan fingerprint density at radius 1 is 1.33 bits per heavy atom. The molecule has 1 aromatic rings. The SMILES string of the molecule is COC1(C2COCCN2S(=O)(=O)c2ccc(Cl)cc2)CC1. The molecule has 1 heterocycles. The number of nitrogens with zero attached hydrogens (tertiary/aromatic N) is 1. The Morgan fingerprint density at radius 3 is 2.57 bits per heavy atom. The number of hydrogen-bond donors (Lipinski definition) is 0. The molecule has 0 radical (unpaired) electrons. The van der Waals surface area contributed by atoms with Gasteiger partial charge in [-0.3, -0.25) is 0 Å². The van der Waals surface area contributed by atoms with Crippen LogP contribution in [-0.2, 0) is 19.5 Å². The third kappa shape index (κ3) is 2.71. The first kappa shape index (κ1) is 15.2. The molecule has 2 aliphatic rings. The lowest BCUT2D eigenvalue weighted by Gasteiger charge is -2.38. The summed E-state index contributed by atoms with van der Waals surface area (Å²) in [5, 5.41) is 0.517. The van der Waals surface area contributed by atoms with E-state index in [1.54, 1.807) is 19.2 Å². The molecule has 1 aliphatic carbocycles. The van der Waals surface area contributed by atoms with E-state index < -0.39 is 10.0 Å². The molecule has 116 valence electrons. The van der Waals surface area contributed by atoms with E-state index in [1.165, 1.54) is 16.4 Å². The van der Waals surface area contributed by atoms with Crippen LogP contribution in [0.25, 0.3) is 0 Å². The minimum Gasteiger partial charge on any atom is -0.378 e. The molecule has 21 heavy (non-hydrogen) atoms. The third-order valence-corrected chi connectivity index (χ3v) is 6.43. The number of benzene rings is 1. The first-order valence-corrected chi connectivity index (χ1v) is 8.72. The van der Waals surface area contributed by atoms with Crippen molar-refractivity contribution in [3.63, 3.8) is 0 Å². The molecule has 1 atom stereocenters. The van der Waals surface area contributed by atoms with Crippen LogP contribution in [0, 0.1) is 0 Å². The van der Waals surface area contributed by atoms with Gasteiger partial charge in [0.25, 0.3) is 0 Å². The fourth-order valence-electron chi connectivity index (χ4n) is 2.83. The second kappa shape index (κ2) is 5.52. The number of sulfonamides is 1. The van der Waals surface area contributed by atoms with Crippen molar-refractivity contribution in [2.45, 2.75) is 29.4 Å². The van der Waals surface area contributed by atoms with E-state index in [9.17, 15) is 8.42 Å². The van der Waals surface area contributed by atoms with E-state index >= 15 is 0 Å². The van der Waals surface area contributed by atoms with Crippen LogP contribution in [0.2, 0.25) is 5.02 Å². The van der Waals surface area contributed by atoms with Crippen molar-refractivity contribution in [1.29, 1.82) is 0 Å². The standard InChI is InChI=1S/C14H18ClNO4S/c1-19-14(6-7-14)13-10-20-9-8-16(13)21(17,18)12-4-2-11(15)3-5-12/h2-5,13H,6-10H2,1H3. The Bertz CT molecular complexity index is 612. The monoisotopic (exact) mass is 331 g/mol. The summed E-state index contributed by atoms with van der Waals surface area (Å²) in [6, 6.07) is 5.99. The number of rotatable bonds is 4. The predicted molar refractivity (Wildman–Crippen MR) is 78.9 cm³/mol. The predicted octanol–water partition coefficient (Wildman–Crippen LogP) is 1.91. The highest BCUT2D eigenvalue weighted by Crippen LogP contribution is 2.46. The zero-order chi connectivity index (χ0) is 15.1. The summed E-state index contributed by atoms with van der Waals surface area (Å²) in [5.41, 5.74) is -0.389. The number of hydrogen-bond acceptors (Lipinski definition) is 4. The Balaban J connectivity index is 1.94. The van der Waals surface area contributed by atoms with Gasteiger partial charge in [-0.25, -0.2) is 8.42 Å². The van der Waals surface area contributed by atoms with E-state index in [4.69, 9.17) is 21.1 Å². The average Bonchev–Trinajstić information content (AvgIpc) is 3.29. The first-order chi connectivity index (χ1) is 9.99. The van der Waals surface area contributed by atoms with Crippen molar-refractivity contribution >= 4 is 21.6 Å². The molecule has 0 bridgehead atoms. The van der Waals surface area contributed by atoms with Crippen LogP contribution in [0.1, 0.15) is 12.8 Å². The van der Waals surface area contributed by atoms with Crippen LogP contribution < -0.4 is 0 Å². The molecule has 1 saturated carbocycles. The summed E-state index contributed by atoms with van der Waals surface area (Å²) in [7, 11) is -1.93. The molecule has 1 saturated heterocycles. The zero-order valence-electron chi connectivity index (χ0n) is 11.8.